The van der Waals surface area contributed by atoms with E-state index in [9.17, 15) is 23.1 Å². The topological polar surface area (TPSA) is 122 Å². The van der Waals surface area contributed by atoms with Gasteiger partial charge >= 0.3 is 5.97 Å². The number of aliphatic carboxylic acids is 1. The molecule has 41 heavy (non-hydrogen) atoms. The molecular formula is C31H36N2O7S. The molecule has 0 aromatic heterocycles. The molecule has 1 amide bonds. The molecule has 1 heterocycles. The summed E-state index contributed by atoms with van der Waals surface area (Å²) in [5.74, 6) is -1.09. The fourth-order valence-corrected chi connectivity index (χ4v) is 6.87. The first kappa shape index (κ1) is 30.2. The van der Waals surface area contributed by atoms with Gasteiger partial charge in [-0.3, -0.25) is 4.79 Å². The van der Waals surface area contributed by atoms with Crippen LogP contribution in [-0.2, 0) is 37.4 Å². The molecule has 4 rings (SSSR count). The summed E-state index contributed by atoms with van der Waals surface area (Å²) in [5.41, 5.74) is 4.59. The molecule has 0 saturated carbocycles. The lowest BCUT2D eigenvalue weighted by Crippen LogP contribution is -2.51. The molecule has 0 unspecified atom stereocenters. The lowest BCUT2D eigenvalue weighted by atomic mass is 9.95. The first-order chi connectivity index (χ1) is 19.6. The zero-order valence-electron chi connectivity index (χ0n) is 23.5. The van der Waals surface area contributed by atoms with Gasteiger partial charge < -0.3 is 19.9 Å². The van der Waals surface area contributed by atoms with Gasteiger partial charge in [0.2, 0.25) is 15.9 Å². The van der Waals surface area contributed by atoms with E-state index in [1.165, 1.54) is 16.4 Å². The van der Waals surface area contributed by atoms with Crippen LogP contribution < -0.4 is 10.1 Å². The number of carboxylic acids is 1. The van der Waals surface area contributed by atoms with E-state index >= 15 is 0 Å². The van der Waals surface area contributed by atoms with Crippen molar-refractivity contribution in [1.29, 1.82) is 0 Å². The van der Waals surface area contributed by atoms with E-state index in [2.05, 4.69) is 11.4 Å². The largest absolute Gasteiger partial charge is 0.496 e. The Bertz CT molecular complexity index is 1470. The lowest BCUT2D eigenvalue weighted by Gasteiger charge is -2.25. The van der Waals surface area contributed by atoms with Crippen LogP contribution in [0.1, 0.15) is 36.5 Å². The summed E-state index contributed by atoms with van der Waals surface area (Å²) in [7, 11) is -2.27. The van der Waals surface area contributed by atoms with Gasteiger partial charge in [0, 0.05) is 25.1 Å². The van der Waals surface area contributed by atoms with Crippen molar-refractivity contribution in [3.63, 3.8) is 0 Å². The first-order valence-electron chi connectivity index (χ1n) is 13.6. The van der Waals surface area contributed by atoms with E-state index < -0.39 is 34.0 Å². The first-order valence-corrected chi connectivity index (χ1v) is 15.0. The Kier molecular flexibility index (Phi) is 9.80. The van der Waals surface area contributed by atoms with Crippen LogP contribution in [0.4, 0.5) is 0 Å². The molecule has 1 aliphatic rings. The minimum atomic E-state index is -3.89. The Morgan fingerprint density at radius 3 is 2.41 bits per heavy atom. The quantitative estimate of drug-likeness (QED) is 0.330. The van der Waals surface area contributed by atoms with Gasteiger partial charge in [0.15, 0.2) is 0 Å². The van der Waals surface area contributed by atoms with E-state index in [0.717, 1.165) is 28.0 Å². The van der Waals surface area contributed by atoms with Crippen LogP contribution >= 0.6 is 0 Å². The number of aryl methyl sites for hydroxylation is 1. The van der Waals surface area contributed by atoms with Crippen molar-refractivity contribution < 1.29 is 32.6 Å². The molecule has 0 aliphatic carbocycles. The van der Waals surface area contributed by atoms with Crippen LogP contribution in [0.15, 0.2) is 71.6 Å². The highest BCUT2D eigenvalue weighted by atomic mass is 32.2. The van der Waals surface area contributed by atoms with Crippen LogP contribution in [0.2, 0.25) is 0 Å². The summed E-state index contributed by atoms with van der Waals surface area (Å²) in [4.78, 5) is 25.4. The van der Waals surface area contributed by atoms with Crippen molar-refractivity contribution in [2.75, 3.05) is 20.3 Å². The summed E-state index contributed by atoms with van der Waals surface area (Å²) < 4.78 is 38.7. The minimum Gasteiger partial charge on any atom is -0.496 e. The molecule has 1 aliphatic heterocycles. The van der Waals surface area contributed by atoms with Gasteiger partial charge in [-0.15, -0.1) is 0 Å². The Hall–Kier alpha value is -3.73. The molecule has 2 atom stereocenters. The third kappa shape index (κ3) is 6.95. The summed E-state index contributed by atoms with van der Waals surface area (Å²) in [6.07, 6.45) is 0.880. The minimum absolute atomic E-state index is 0.0446. The number of nitrogens with zero attached hydrogens (tertiary/aromatic N) is 1. The maximum atomic E-state index is 13.2. The number of nitrogens with one attached hydrogen (secondary N) is 1. The molecule has 218 valence electrons. The van der Waals surface area contributed by atoms with Crippen LogP contribution in [-0.4, -0.2) is 62.1 Å². The van der Waals surface area contributed by atoms with Crippen molar-refractivity contribution >= 4 is 21.9 Å². The standard InChI is InChI=1S/C31H36N2O7S/c1-4-40-20-23-17-21(2)29(28(19-23)39-3)24-14-12-22(13-15-24)18-26(31(35)36)32-30(34)27-11-8-16-33(27)41(37,38)25-9-6-5-7-10-25/h5-7,9-10,12-15,17,19,26-27H,4,8,11,16,18,20H2,1-3H3,(H,32,34)(H,35,36)/t26-,27-/m0/s1. The molecule has 9 nitrogen and oxygen atoms in total. The third-order valence-electron chi connectivity index (χ3n) is 7.21. The number of hydrogen-bond donors (Lipinski definition) is 2. The second-order valence-corrected chi connectivity index (χ2v) is 11.9. The monoisotopic (exact) mass is 580 g/mol. The van der Waals surface area contributed by atoms with Crippen LogP contribution in [0, 0.1) is 6.92 Å². The lowest BCUT2D eigenvalue weighted by molar-refractivity contribution is -0.142. The third-order valence-corrected chi connectivity index (χ3v) is 9.13. The van der Waals surface area contributed by atoms with Crippen molar-refractivity contribution in [3.8, 4) is 16.9 Å². The smallest absolute Gasteiger partial charge is 0.326 e. The highest BCUT2D eigenvalue weighted by Gasteiger charge is 2.40. The maximum Gasteiger partial charge on any atom is 0.326 e. The average molecular weight is 581 g/mol. The second-order valence-electron chi connectivity index (χ2n) is 10.0. The number of methoxy groups -OCH3 is 1. The predicted molar refractivity (Wildman–Crippen MR) is 155 cm³/mol. The van der Waals surface area contributed by atoms with Crippen molar-refractivity contribution in [2.24, 2.45) is 0 Å². The van der Waals surface area contributed by atoms with Crippen molar-refractivity contribution in [2.45, 2.75) is 56.7 Å². The zero-order chi connectivity index (χ0) is 29.6. The van der Waals surface area contributed by atoms with Crippen LogP contribution in [0.3, 0.4) is 0 Å². The Balaban J connectivity index is 1.48. The molecular weight excluding hydrogens is 544 g/mol. The van der Waals surface area contributed by atoms with Gasteiger partial charge in [0.05, 0.1) is 18.6 Å². The summed E-state index contributed by atoms with van der Waals surface area (Å²) in [6.45, 7) is 5.26. The molecule has 0 bridgehead atoms. The number of benzene rings is 3. The van der Waals surface area contributed by atoms with Gasteiger partial charge in [0.1, 0.15) is 17.8 Å². The molecule has 0 radical (unpaired) electrons. The van der Waals surface area contributed by atoms with Gasteiger partial charge in [-0.2, -0.15) is 4.31 Å². The van der Waals surface area contributed by atoms with Crippen LogP contribution in [0.25, 0.3) is 11.1 Å². The van der Waals surface area contributed by atoms with Crippen LogP contribution in [0.5, 0.6) is 5.75 Å². The predicted octanol–water partition coefficient (Wildman–Crippen LogP) is 4.17. The van der Waals surface area contributed by atoms with Gasteiger partial charge in [-0.1, -0.05) is 48.5 Å². The molecule has 10 heteroatoms. The Labute approximate surface area is 241 Å². The highest BCUT2D eigenvalue weighted by molar-refractivity contribution is 7.89. The summed E-state index contributed by atoms with van der Waals surface area (Å²) in [5, 5.41) is 12.5. The number of carbonyl (C=O) groups excluding carboxylic acids is 1. The number of hydrogen-bond acceptors (Lipinski definition) is 6. The molecule has 0 spiro atoms. The summed E-state index contributed by atoms with van der Waals surface area (Å²) in [6, 6.07) is 17.2. The number of rotatable bonds is 12. The Morgan fingerprint density at radius 1 is 1.07 bits per heavy atom. The Morgan fingerprint density at radius 2 is 1.78 bits per heavy atom. The number of carbonyl (C=O) groups is 2. The molecule has 1 saturated heterocycles. The van der Waals surface area contributed by atoms with Crippen molar-refractivity contribution in [1.82, 2.24) is 9.62 Å². The van der Waals surface area contributed by atoms with Gasteiger partial charge in [-0.05, 0) is 67.1 Å². The highest BCUT2D eigenvalue weighted by Crippen LogP contribution is 2.35. The average Bonchev–Trinajstić information content (AvgIpc) is 3.48. The van der Waals surface area contributed by atoms with Gasteiger partial charge in [0.25, 0.3) is 0 Å². The molecule has 3 aromatic carbocycles. The van der Waals surface area contributed by atoms with E-state index in [1.54, 1.807) is 25.3 Å². The zero-order valence-corrected chi connectivity index (χ0v) is 24.3. The van der Waals surface area contributed by atoms with E-state index in [-0.39, 0.29) is 17.9 Å². The second kappa shape index (κ2) is 13.3. The molecule has 3 aromatic rings. The maximum absolute atomic E-state index is 13.2. The fourth-order valence-electron chi connectivity index (χ4n) is 5.19. The number of ether oxygens (including phenoxy) is 2. The van der Waals surface area contributed by atoms with E-state index in [0.29, 0.717) is 31.6 Å². The van der Waals surface area contributed by atoms with Crippen molar-refractivity contribution in [3.05, 3.63) is 83.4 Å². The SMILES string of the molecule is CCOCc1cc(C)c(-c2ccc(C[C@H](NC(=O)[C@@H]3CCCN3S(=O)(=O)c3ccccc3)C(=O)O)cc2)c(OC)c1. The molecule has 2 N–H and O–H groups in total. The number of carboxylic acid groups (broad SMARTS) is 1. The van der Waals surface area contributed by atoms with E-state index in [4.69, 9.17) is 9.47 Å². The normalized spacial score (nSPS) is 16.3. The number of sulfonamides is 1. The fraction of sp³-hybridized carbons (Fsp3) is 0.355. The van der Waals surface area contributed by atoms with E-state index in [1.807, 2.05) is 44.2 Å². The number of amides is 1. The molecule has 1 fully saturated rings. The summed E-state index contributed by atoms with van der Waals surface area (Å²) >= 11 is 0. The van der Waals surface area contributed by atoms with Gasteiger partial charge in [-0.25, -0.2) is 13.2 Å².